The zero-order valence-corrected chi connectivity index (χ0v) is 14.6. The Morgan fingerprint density at radius 2 is 1.88 bits per heavy atom. The van der Waals surface area contributed by atoms with E-state index >= 15 is 0 Å². The van der Waals surface area contributed by atoms with E-state index in [9.17, 15) is 13.6 Å². The molecule has 2 aromatic rings. The largest absolute Gasteiger partial charge is 0.493 e. The molecular weight excluding hydrogens is 340 g/mol. The molecule has 0 unspecified atom stereocenters. The molecule has 0 heterocycles. The Morgan fingerprint density at radius 3 is 2.54 bits per heavy atom. The average Bonchev–Trinajstić information content (AvgIpc) is 3.46. The molecule has 0 saturated heterocycles. The molecule has 1 amide bonds. The van der Waals surface area contributed by atoms with Crippen molar-refractivity contribution in [3.63, 3.8) is 0 Å². The monoisotopic (exact) mass is 361 g/mol. The summed E-state index contributed by atoms with van der Waals surface area (Å²) in [4.78, 5) is 14.2. The van der Waals surface area contributed by atoms with Crippen LogP contribution in [0.25, 0.3) is 0 Å². The fraction of sp³-hybridized carbons (Fsp3) is 0.350. The minimum Gasteiger partial charge on any atom is -0.493 e. The summed E-state index contributed by atoms with van der Waals surface area (Å²) in [5.74, 6) is -0.182. The molecule has 0 radical (unpaired) electrons. The van der Waals surface area contributed by atoms with Gasteiger partial charge in [-0.1, -0.05) is 18.2 Å². The molecule has 1 aliphatic carbocycles. The molecule has 3 rings (SSSR count). The van der Waals surface area contributed by atoms with E-state index in [1.807, 2.05) is 12.1 Å². The van der Waals surface area contributed by atoms with Gasteiger partial charge in [0.1, 0.15) is 11.6 Å². The number of carbonyl (C=O) groups is 1. The molecule has 1 saturated carbocycles. The maximum Gasteiger partial charge on any atom is 0.226 e. The predicted molar refractivity (Wildman–Crippen MR) is 93.0 cm³/mol. The molecule has 0 aliphatic heterocycles. The van der Waals surface area contributed by atoms with Crippen molar-refractivity contribution in [2.24, 2.45) is 0 Å². The minimum atomic E-state index is -0.631. The van der Waals surface area contributed by atoms with Gasteiger partial charge in [0.05, 0.1) is 20.1 Å². The summed E-state index contributed by atoms with van der Waals surface area (Å²) < 4.78 is 37.8. The number of carbonyl (C=O) groups excluding carboxylic acids is 1. The fourth-order valence-corrected chi connectivity index (χ4v) is 2.77. The van der Waals surface area contributed by atoms with Gasteiger partial charge in [-0.3, -0.25) is 4.79 Å². The minimum absolute atomic E-state index is 0.105. The first-order valence-corrected chi connectivity index (χ1v) is 8.57. The molecule has 1 fully saturated rings. The summed E-state index contributed by atoms with van der Waals surface area (Å²) in [6.07, 6.45) is 1.99. The van der Waals surface area contributed by atoms with Crippen LogP contribution in [0.2, 0.25) is 0 Å². The van der Waals surface area contributed by atoms with E-state index in [4.69, 9.17) is 9.47 Å². The quantitative estimate of drug-likeness (QED) is 0.715. The van der Waals surface area contributed by atoms with Crippen LogP contribution in [0.3, 0.4) is 0 Å². The standard InChI is InChI=1S/C20H21F2NO3/c1-25-18-4-2-3-5-19(18)26-11-10-20(24)23(16-8-9-16)13-14-6-7-15(21)12-17(14)22/h2-7,12,16H,8-11,13H2,1H3. The van der Waals surface area contributed by atoms with Gasteiger partial charge in [0.15, 0.2) is 11.5 Å². The van der Waals surface area contributed by atoms with Crippen LogP contribution in [0.5, 0.6) is 11.5 Å². The summed E-state index contributed by atoms with van der Waals surface area (Å²) >= 11 is 0. The van der Waals surface area contributed by atoms with E-state index in [0.717, 1.165) is 18.9 Å². The highest BCUT2D eigenvalue weighted by Gasteiger charge is 2.32. The van der Waals surface area contributed by atoms with Crippen LogP contribution < -0.4 is 9.47 Å². The van der Waals surface area contributed by atoms with Crippen LogP contribution in [0.1, 0.15) is 24.8 Å². The zero-order chi connectivity index (χ0) is 18.5. The normalized spacial score (nSPS) is 13.3. The Morgan fingerprint density at radius 1 is 1.15 bits per heavy atom. The predicted octanol–water partition coefficient (Wildman–Crippen LogP) is 3.93. The molecule has 0 atom stereocenters. The summed E-state index contributed by atoms with van der Waals surface area (Å²) in [6.45, 7) is 0.346. The van der Waals surface area contributed by atoms with Crippen molar-refractivity contribution in [1.82, 2.24) is 4.90 Å². The van der Waals surface area contributed by atoms with Gasteiger partial charge in [0.2, 0.25) is 5.91 Å². The summed E-state index contributed by atoms with van der Waals surface area (Å²) in [6, 6.07) is 10.8. The topological polar surface area (TPSA) is 38.8 Å². The van der Waals surface area contributed by atoms with E-state index in [0.29, 0.717) is 17.1 Å². The number of nitrogens with zero attached hydrogens (tertiary/aromatic N) is 1. The number of benzene rings is 2. The number of rotatable bonds is 8. The molecule has 1 aliphatic rings. The molecule has 26 heavy (non-hydrogen) atoms. The van der Waals surface area contributed by atoms with Crippen molar-refractivity contribution < 1.29 is 23.0 Å². The van der Waals surface area contributed by atoms with Gasteiger partial charge in [-0.2, -0.15) is 0 Å². The van der Waals surface area contributed by atoms with Crippen LogP contribution in [0.15, 0.2) is 42.5 Å². The lowest BCUT2D eigenvalue weighted by molar-refractivity contribution is -0.133. The van der Waals surface area contributed by atoms with Gasteiger partial charge >= 0.3 is 0 Å². The smallest absolute Gasteiger partial charge is 0.226 e. The maximum atomic E-state index is 13.9. The molecule has 0 spiro atoms. The van der Waals surface area contributed by atoms with Crippen LogP contribution in [-0.2, 0) is 11.3 Å². The third-order valence-electron chi connectivity index (χ3n) is 4.31. The van der Waals surface area contributed by atoms with E-state index < -0.39 is 11.6 Å². The third kappa shape index (κ3) is 4.50. The van der Waals surface area contributed by atoms with Gasteiger partial charge in [-0.25, -0.2) is 8.78 Å². The number of ether oxygens (including phenoxy) is 2. The number of amides is 1. The Bertz CT molecular complexity index is 777. The second kappa shape index (κ2) is 8.17. The van der Waals surface area contributed by atoms with E-state index in [1.165, 1.54) is 12.1 Å². The van der Waals surface area contributed by atoms with Crippen molar-refractivity contribution >= 4 is 5.91 Å². The Kier molecular flexibility index (Phi) is 5.71. The molecule has 138 valence electrons. The molecule has 6 heteroatoms. The highest BCUT2D eigenvalue weighted by Crippen LogP contribution is 2.30. The molecule has 0 bridgehead atoms. The Labute approximate surface area is 151 Å². The van der Waals surface area contributed by atoms with Crippen LogP contribution in [-0.4, -0.2) is 30.6 Å². The lowest BCUT2D eigenvalue weighted by Crippen LogP contribution is -2.33. The van der Waals surface area contributed by atoms with Gasteiger partial charge in [0, 0.05) is 24.2 Å². The van der Waals surface area contributed by atoms with Crippen LogP contribution in [0.4, 0.5) is 8.78 Å². The molecular formula is C20H21F2NO3. The number of hydrogen-bond acceptors (Lipinski definition) is 3. The number of halogens is 2. The molecule has 0 N–H and O–H groups in total. The van der Waals surface area contributed by atoms with Crippen LogP contribution in [0, 0.1) is 11.6 Å². The lowest BCUT2D eigenvalue weighted by atomic mass is 10.2. The van der Waals surface area contributed by atoms with E-state index in [-0.39, 0.29) is 31.5 Å². The first kappa shape index (κ1) is 18.2. The van der Waals surface area contributed by atoms with E-state index in [1.54, 1.807) is 24.1 Å². The van der Waals surface area contributed by atoms with Crippen molar-refractivity contribution in [2.45, 2.75) is 31.8 Å². The molecule has 0 aromatic heterocycles. The first-order chi connectivity index (χ1) is 12.6. The second-order valence-corrected chi connectivity index (χ2v) is 6.24. The first-order valence-electron chi connectivity index (χ1n) is 8.57. The fourth-order valence-electron chi connectivity index (χ4n) is 2.77. The number of hydrogen-bond donors (Lipinski definition) is 0. The number of methoxy groups -OCH3 is 1. The Hall–Kier alpha value is -2.63. The summed E-state index contributed by atoms with van der Waals surface area (Å²) in [5, 5.41) is 0. The van der Waals surface area contributed by atoms with Gasteiger partial charge in [-0.05, 0) is 31.0 Å². The highest BCUT2D eigenvalue weighted by atomic mass is 19.1. The molecule has 2 aromatic carbocycles. The second-order valence-electron chi connectivity index (χ2n) is 6.24. The summed E-state index contributed by atoms with van der Waals surface area (Å²) in [5.41, 5.74) is 0.317. The van der Waals surface area contributed by atoms with Gasteiger partial charge in [0.25, 0.3) is 0 Å². The van der Waals surface area contributed by atoms with E-state index in [2.05, 4.69) is 0 Å². The third-order valence-corrected chi connectivity index (χ3v) is 4.31. The maximum absolute atomic E-state index is 13.9. The lowest BCUT2D eigenvalue weighted by Gasteiger charge is -2.23. The van der Waals surface area contributed by atoms with Crippen LogP contribution >= 0.6 is 0 Å². The van der Waals surface area contributed by atoms with Crippen molar-refractivity contribution in [2.75, 3.05) is 13.7 Å². The SMILES string of the molecule is COc1ccccc1OCCC(=O)N(Cc1ccc(F)cc1F)C1CC1. The zero-order valence-electron chi connectivity index (χ0n) is 14.6. The van der Waals surface area contributed by atoms with Gasteiger partial charge < -0.3 is 14.4 Å². The highest BCUT2D eigenvalue weighted by molar-refractivity contribution is 5.77. The molecule has 4 nitrogen and oxygen atoms in total. The Balaban J connectivity index is 1.59. The number of para-hydroxylation sites is 2. The average molecular weight is 361 g/mol. The van der Waals surface area contributed by atoms with Crippen molar-refractivity contribution in [3.8, 4) is 11.5 Å². The van der Waals surface area contributed by atoms with Crippen molar-refractivity contribution in [1.29, 1.82) is 0 Å². The van der Waals surface area contributed by atoms with Gasteiger partial charge in [-0.15, -0.1) is 0 Å². The van der Waals surface area contributed by atoms with Crippen molar-refractivity contribution in [3.05, 3.63) is 59.7 Å². The summed E-state index contributed by atoms with van der Waals surface area (Å²) in [7, 11) is 1.55.